The number of piperidine rings is 1. The number of allylic oxidation sites excluding steroid dienone is 1. The maximum absolute atomic E-state index is 13.6. The molecule has 8 nitrogen and oxygen atoms in total. The van der Waals surface area contributed by atoms with Crippen molar-refractivity contribution in [2.75, 3.05) is 13.1 Å². The van der Waals surface area contributed by atoms with Gasteiger partial charge in [0.1, 0.15) is 0 Å². The average molecular weight is 534 g/mol. The lowest BCUT2D eigenvalue weighted by Gasteiger charge is -2.40. The van der Waals surface area contributed by atoms with E-state index in [-0.39, 0.29) is 29.3 Å². The van der Waals surface area contributed by atoms with Crippen molar-refractivity contribution in [2.24, 2.45) is 11.8 Å². The zero-order valence-electron chi connectivity index (χ0n) is 22.7. The fraction of sp³-hybridized carbons (Fsp3) is 0.548. The van der Waals surface area contributed by atoms with Gasteiger partial charge in [0, 0.05) is 31.0 Å². The van der Waals surface area contributed by atoms with E-state index < -0.39 is 24.0 Å². The first kappa shape index (κ1) is 27.3. The van der Waals surface area contributed by atoms with Gasteiger partial charge in [-0.1, -0.05) is 73.7 Å². The predicted molar refractivity (Wildman–Crippen MR) is 147 cm³/mol. The van der Waals surface area contributed by atoms with Crippen molar-refractivity contribution < 1.29 is 24.0 Å². The van der Waals surface area contributed by atoms with Crippen LogP contribution in [0.25, 0.3) is 6.08 Å². The van der Waals surface area contributed by atoms with E-state index in [1.54, 1.807) is 11.8 Å². The van der Waals surface area contributed by atoms with Gasteiger partial charge in [-0.2, -0.15) is 0 Å². The number of carbonyl (C=O) groups is 3. The van der Waals surface area contributed by atoms with Gasteiger partial charge in [-0.15, -0.1) is 0 Å². The summed E-state index contributed by atoms with van der Waals surface area (Å²) < 4.78 is 4.99. The number of aliphatic hydroxyl groups is 1. The number of amides is 2. The molecule has 3 aliphatic rings. The van der Waals surface area contributed by atoms with Crippen LogP contribution in [-0.2, 0) is 15.0 Å². The number of carbonyl (C=O) groups excluding carboxylic acids is 3. The van der Waals surface area contributed by atoms with Crippen LogP contribution in [0, 0.1) is 11.8 Å². The van der Waals surface area contributed by atoms with Crippen LogP contribution in [0.15, 0.2) is 47.1 Å². The summed E-state index contributed by atoms with van der Waals surface area (Å²) in [5, 5.41) is 17.0. The quantitative estimate of drug-likeness (QED) is 0.497. The third-order valence-corrected chi connectivity index (χ3v) is 9.02. The van der Waals surface area contributed by atoms with Crippen LogP contribution >= 0.6 is 0 Å². The normalized spacial score (nSPS) is 20.8. The third kappa shape index (κ3) is 6.01. The minimum atomic E-state index is -0.982. The molecule has 2 amide bonds. The van der Waals surface area contributed by atoms with E-state index in [2.05, 4.69) is 40.8 Å². The standard InChI is InChI=1S/C31H39N3O5/c1-21(35)24(30(38)34-17-14-31(15-18-34)13-11-23-9-5-6-10-25(23)31)20-27(36)26(19-22-7-3-2-4-8-22)33-29(37)28-12-16-32-39-28/h5-6,9-13,16,21-22,24,26,35H,2-4,7-8,14-15,17-20H2,1H3,(H,33,37)/t21-,24+,26+/m1/s1. The van der Waals surface area contributed by atoms with E-state index in [4.69, 9.17) is 4.52 Å². The number of ketones is 1. The number of nitrogens with one attached hydrogen (secondary N) is 1. The second-order valence-corrected chi connectivity index (χ2v) is 11.6. The predicted octanol–water partition coefficient (Wildman–Crippen LogP) is 4.29. The Hall–Kier alpha value is -3.26. The summed E-state index contributed by atoms with van der Waals surface area (Å²) >= 11 is 0. The number of aliphatic hydroxyl groups excluding tert-OH is 1. The molecule has 1 spiro atoms. The molecule has 208 valence electrons. The lowest BCUT2D eigenvalue weighted by molar-refractivity contribution is -0.143. The lowest BCUT2D eigenvalue weighted by Crippen LogP contribution is -2.49. The molecule has 39 heavy (non-hydrogen) atoms. The summed E-state index contributed by atoms with van der Waals surface area (Å²) in [5.41, 5.74) is 2.49. The molecule has 1 aromatic heterocycles. The van der Waals surface area contributed by atoms with Crippen LogP contribution in [0.5, 0.6) is 0 Å². The molecule has 2 heterocycles. The molecule has 2 aliphatic carbocycles. The molecule has 0 radical (unpaired) electrons. The molecule has 3 atom stereocenters. The van der Waals surface area contributed by atoms with Gasteiger partial charge in [-0.25, -0.2) is 0 Å². The van der Waals surface area contributed by atoms with Gasteiger partial charge in [0.2, 0.25) is 11.7 Å². The van der Waals surface area contributed by atoms with E-state index in [9.17, 15) is 19.5 Å². The SMILES string of the molecule is C[C@@H](O)[C@H](CC(=O)[C@H](CC1CCCCC1)NC(=O)c1ccno1)C(=O)N1CCC2(C=Cc3ccccc32)CC1. The molecule has 2 fully saturated rings. The Morgan fingerprint density at radius 1 is 1.13 bits per heavy atom. The smallest absolute Gasteiger partial charge is 0.290 e. The van der Waals surface area contributed by atoms with Crippen LogP contribution in [0.3, 0.4) is 0 Å². The van der Waals surface area contributed by atoms with Crippen molar-refractivity contribution in [3.05, 3.63) is 59.5 Å². The minimum absolute atomic E-state index is 0.0457. The molecule has 1 saturated carbocycles. The first-order valence-electron chi connectivity index (χ1n) is 14.4. The molecule has 5 rings (SSSR count). The lowest BCUT2D eigenvalue weighted by atomic mass is 9.74. The van der Waals surface area contributed by atoms with Crippen LogP contribution < -0.4 is 5.32 Å². The minimum Gasteiger partial charge on any atom is -0.393 e. The van der Waals surface area contributed by atoms with Crippen molar-refractivity contribution in [1.29, 1.82) is 0 Å². The van der Waals surface area contributed by atoms with E-state index in [0.29, 0.717) is 25.4 Å². The molecular weight excluding hydrogens is 494 g/mol. The molecule has 2 N–H and O–H groups in total. The first-order valence-corrected chi connectivity index (χ1v) is 14.4. The molecule has 0 unspecified atom stereocenters. The highest BCUT2D eigenvalue weighted by Crippen LogP contribution is 2.44. The molecule has 0 bridgehead atoms. The monoisotopic (exact) mass is 533 g/mol. The Kier molecular flexibility index (Phi) is 8.31. The maximum Gasteiger partial charge on any atom is 0.290 e. The summed E-state index contributed by atoms with van der Waals surface area (Å²) in [4.78, 5) is 41.8. The number of rotatable bonds is 9. The molecule has 1 aliphatic heterocycles. The fourth-order valence-corrected chi connectivity index (χ4v) is 6.64. The highest BCUT2D eigenvalue weighted by molar-refractivity contribution is 5.97. The number of Topliss-reactive ketones (excluding diaryl/α,β-unsaturated/α-hetero) is 1. The van der Waals surface area contributed by atoms with Gasteiger partial charge >= 0.3 is 0 Å². The number of nitrogens with zero attached hydrogens (tertiary/aromatic N) is 2. The number of fused-ring (bicyclic) bond motifs is 2. The topological polar surface area (TPSA) is 113 Å². The van der Waals surface area contributed by atoms with Crippen LogP contribution in [0.2, 0.25) is 0 Å². The van der Waals surface area contributed by atoms with E-state index >= 15 is 0 Å². The largest absolute Gasteiger partial charge is 0.393 e. The summed E-state index contributed by atoms with van der Waals surface area (Å²) in [7, 11) is 0. The molecule has 1 saturated heterocycles. The molecule has 1 aromatic carbocycles. The van der Waals surface area contributed by atoms with Gasteiger partial charge in [-0.05, 0) is 43.2 Å². The van der Waals surface area contributed by atoms with Gasteiger partial charge in [0.15, 0.2) is 5.78 Å². The second-order valence-electron chi connectivity index (χ2n) is 11.6. The summed E-state index contributed by atoms with van der Waals surface area (Å²) in [6.07, 6.45) is 12.3. The fourth-order valence-electron chi connectivity index (χ4n) is 6.64. The van der Waals surface area contributed by atoms with Crippen molar-refractivity contribution in [2.45, 2.75) is 82.3 Å². The maximum atomic E-state index is 13.6. The van der Waals surface area contributed by atoms with E-state index in [1.807, 2.05) is 6.07 Å². The summed E-state index contributed by atoms with van der Waals surface area (Å²) in [6, 6.07) is 9.11. The zero-order chi connectivity index (χ0) is 27.4. The Bertz CT molecular complexity index is 1190. The van der Waals surface area contributed by atoms with Gasteiger partial charge in [0.25, 0.3) is 5.91 Å². The first-order chi connectivity index (χ1) is 18.9. The Labute approximate surface area is 229 Å². The number of likely N-dealkylation sites (tertiary alicyclic amines) is 1. The van der Waals surface area contributed by atoms with Crippen LogP contribution in [0.4, 0.5) is 0 Å². The number of hydrogen-bond donors (Lipinski definition) is 2. The number of aromatic nitrogens is 1. The van der Waals surface area contributed by atoms with Crippen molar-refractivity contribution in [3.8, 4) is 0 Å². The van der Waals surface area contributed by atoms with Crippen molar-refractivity contribution in [1.82, 2.24) is 15.4 Å². The average Bonchev–Trinajstić information content (AvgIpc) is 3.61. The van der Waals surface area contributed by atoms with Gasteiger partial charge in [-0.3, -0.25) is 14.4 Å². The third-order valence-electron chi connectivity index (χ3n) is 9.02. The Balaban J connectivity index is 1.25. The van der Waals surface area contributed by atoms with Crippen molar-refractivity contribution >= 4 is 23.7 Å². The Morgan fingerprint density at radius 2 is 1.87 bits per heavy atom. The van der Waals surface area contributed by atoms with E-state index in [1.165, 1.54) is 29.8 Å². The highest BCUT2D eigenvalue weighted by Gasteiger charge is 2.41. The molecule has 2 aromatic rings. The highest BCUT2D eigenvalue weighted by atomic mass is 16.5. The molecular formula is C31H39N3O5. The molecule has 8 heteroatoms. The summed E-state index contributed by atoms with van der Waals surface area (Å²) in [5.74, 6) is -1.38. The number of benzene rings is 1. The second kappa shape index (κ2) is 11.9. The van der Waals surface area contributed by atoms with Gasteiger partial charge in [0.05, 0.1) is 24.3 Å². The van der Waals surface area contributed by atoms with E-state index in [0.717, 1.165) is 38.5 Å². The van der Waals surface area contributed by atoms with Crippen LogP contribution in [-0.4, -0.2) is 58.0 Å². The zero-order valence-corrected chi connectivity index (χ0v) is 22.7. The summed E-state index contributed by atoms with van der Waals surface area (Å²) in [6.45, 7) is 2.71. The number of hydrogen-bond acceptors (Lipinski definition) is 6. The van der Waals surface area contributed by atoms with Crippen molar-refractivity contribution in [3.63, 3.8) is 0 Å². The van der Waals surface area contributed by atoms with Crippen LogP contribution in [0.1, 0.15) is 86.4 Å². The van der Waals surface area contributed by atoms with Gasteiger partial charge < -0.3 is 19.8 Å². The Morgan fingerprint density at radius 3 is 2.56 bits per heavy atom.